The van der Waals surface area contributed by atoms with Crippen molar-refractivity contribution >= 4 is 0 Å². The van der Waals surface area contributed by atoms with Gasteiger partial charge in [0.25, 0.3) is 0 Å². The van der Waals surface area contributed by atoms with Crippen molar-refractivity contribution in [2.24, 2.45) is 40.4 Å². The first-order chi connectivity index (χ1) is 11.9. The van der Waals surface area contributed by atoms with Crippen LogP contribution in [0.1, 0.15) is 78.6 Å². The van der Waals surface area contributed by atoms with Gasteiger partial charge in [-0.25, -0.2) is 0 Å². The van der Waals surface area contributed by atoms with Crippen molar-refractivity contribution in [3.05, 3.63) is 35.5 Å². The van der Waals surface area contributed by atoms with Crippen LogP contribution in [0.5, 0.6) is 0 Å². The van der Waals surface area contributed by atoms with Gasteiger partial charge in [-0.1, -0.05) is 43.7 Å². The number of allylic oxidation sites excluding steroid dienone is 5. The lowest BCUT2D eigenvalue weighted by atomic mass is 9.46. The summed E-state index contributed by atoms with van der Waals surface area (Å²) >= 11 is 0. The van der Waals surface area contributed by atoms with Gasteiger partial charge in [0, 0.05) is 0 Å². The molecule has 0 nitrogen and oxygen atoms in total. The summed E-state index contributed by atoms with van der Waals surface area (Å²) in [5, 5.41) is 0. The van der Waals surface area contributed by atoms with Gasteiger partial charge < -0.3 is 0 Å². The van der Waals surface area contributed by atoms with Crippen molar-refractivity contribution in [1.29, 1.82) is 0 Å². The highest BCUT2D eigenvalue weighted by molar-refractivity contribution is 5.39. The molecule has 0 N–H and O–H groups in total. The molecule has 6 unspecified atom stereocenters. The number of fused-ring (bicyclic) bond motifs is 5. The summed E-state index contributed by atoms with van der Waals surface area (Å²) in [5.41, 5.74) is 5.76. The highest BCUT2D eigenvalue weighted by Crippen LogP contribution is 2.66. The summed E-state index contributed by atoms with van der Waals surface area (Å²) in [6.07, 6.45) is 18.3. The number of rotatable bonds is 2. The monoisotopic (exact) mass is 336 g/mol. The van der Waals surface area contributed by atoms with Crippen molar-refractivity contribution in [3.8, 4) is 0 Å². The molecule has 0 saturated heterocycles. The van der Waals surface area contributed by atoms with Crippen LogP contribution in [-0.4, -0.2) is 0 Å². The highest BCUT2D eigenvalue weighted by atomic mass is 14.6. The molecule has 0 amide bonds. The summed E-state index contributed by atoms with van der Waals surface area (Å²) < 4.78 is 0. The molecular weight excluding hydrogens is 300 g/mol. The van der Waals surface area contributed by atoms with Gasteiger partial charge in [0.15, 0.2) is 0 Å². The van der Waals surface area contributed by atoms with E-state index in [1.54, 1.807) is 5.57 Å². The van der Waals surface area contributed by atoms with E-state index in [1.807, 2.05) is 5.57 Å². The molecule has 5 rings (SSSR count). The molecule has 0 bridgehead atoms. The number of hydrogen-bond acceptors (Lipinski definition) is 0. The van der Waals surface area contributed by atoms with E-state index in [4.69, 9.17) is 0 Å². The lowest BCUT2D eigenvalue weighted by Crippen LogP contribution is -2.49. The van der Waals surface area contributed by atoms with Gasteiger partial charge in [0.05, 0.1) is 0 Å². The Morgan fingerprint density at radius 3 is 2.40 bits per heavy atom. The smallest absolute Gasteiger partial charge is 0.00419 e. The van der Waals surface area contributed by atoms with Crippen LogP contribution >= 0.6 is 0 Å². The minimum absolute atomic E-state index is 0.417. The zero-order chi connectivity index (χ0) is 17.4. The highest BCUT2D eigenvalue weighted by Gasteiger charge is 2.57. The van der Waals surface area contributed by atoms with E-state index < -0.39 is 0 Å². The summed E-state index contributed by atoms with van der Waals surface area (Å²) in [6.45, 7) is 11.8. The van der Waals surface area contributed by atoms with Gasteiger partial charge >= 0.3 is 0 Å². The molecule has 0 heterocycles. The molecule has 0 aromatic heterocycles. The Morgan fingerprint density at radius 2 is 1.68 bits per heavy atom. The van der Waals surface area contributed by atoms with Crippen LogP contribution in [0.2, 0.25) is 0 Å². The molecule has 6 atom stereocenters. The molecule has 0 aliphatic heterocycles. The van der Waals surface area contributed by atoms with Gasteiger partial charge in [-0.2, -0.15) is 0 Å². The Bertz CT molecular complexity index is 660. The minimum Gasteiger partial charge on any atom is -0.0958 e. The molecule has 0 spiro atoms. The second-order valence-electron chi connectivity index (χ2n) is 10.7. The average Bonchev–Trinajstić information content (AvgIpc) is 3.35. The van der Waals surface area contributed by atoms with Crippen LogP contribution in [0.3, 0.4) is 0 Å². The Hall–Kier alpha value is -0.780. The molecule has 0 heteroatoms. The predicted molar refractivity (Wildman–Crippen MR) is 106 cm³/mol. The van der Waals surface area contributed by atoms with Crippen LogP contribution in [0.25, 0.3) is 0 Å². The molecule has 3 saturated carbocycles. The summed E-state index contributed by atoms with van der Waals surface area (Å²) in [6, 6.07) is 0. The van der Waals surface area contributed by atoms with Crippen LogP contribution in [0.15, 0.2) is 35.5 Å². The fourth-order valence-electron chi connectivity index (χ4n) is 7.89. The summed E-state index contributed by atoms with van der Waals surface area (Å²) in [5.74, 6) is 4.86. The minimum atomic E-state index is 0.417. The van der Waals surface area contributed by atoms with E-state index in [0.717, 1.165) is 29.6 Å². The third kappa shape index (κ3) is 2.25. The maximum absolute atomic E-state index is 4.31. The van der Waals surface area contributed by atoms with E-state index in [2.05, 4.69) is 39.5 Å². The fourth-order valence-corrected chi connectivity index (χ4v) is 7.89. The lowest BCUT2D eigenvalue weighted by molar-refractivity contribution is -0.0213. The first-order valence-electron chi connectivity index (χ1n) is 11.0. The van der Waals surface area contributed by atoms with Crippen molar-refractivity contribution < 1.29 is 0 Å². The molecule has 5 aliphatic rings. The Balaban J connectivity index is 1.44. The molecular formula is C25H36. The Kier molecular flexibility index (Phi) is 3.52. The molecule has 136 valence electrons. The van der Waals surface area contributed by atoms with Crippen LogP contribution in [0, 0.1) is 40.4 Å². The third-order valence-corrected chi connectivity index (χ3v) is 9.47. The Morgan fingerprint density at radius 1 is 0.920 bits per heavy atom. The molecule has 25 heavy (non-hydrogen) atoms. The van der Waals surface area contributed by atoms with Gasteiger partial charge in [-0.3, -0.25) is 0 Å². The average molecular weight is 337 g/mol. The quantitative estimate of drug-likeness (QED) is 0.472. The van der Waals surface area contributed by atoms with Crippen molar-refractivity contribution in [1.82, 2.24) is 0 Å². The van der Waals surface area contributed by atoms with E-state index >= 15 is 0 Å². The van der Waals surface area contributed by atoms with Gasteiger partial charge in [-0.15, -0.1) is 0 Å². The zero-order valence-electron chi connectivity index (χ0n) is 16.6. The molecule has 0 aromatic carbocycles. The first-order valence-corrected chi connectivity index (χ1v) is 11.0. The van der Waals surface area contributed by atoms with E-state index in [9.17, 15) is 0 Å². The van der Waals surface area contributed by atoms with Gasteiger partial charge in [-0.05, 0) is 111 Å². The van der Waals surface area contributed by atoms with Crippen LogP contribution in [0.4, 0.5) is 0 Å². The van der Waals surface area contributed by atoms with Crippen molar-refractivity contribution in [3.63, 3.8) is 0 Å². The first kappa shape index (κ1) is 16.4. The van der Waals surface area contributed by atoms with E-state index in [-0.39, 0.29) is 0 Å². The lowest BCUT2D eigenvalue weighted by Gasteiger charge is -2.58. The summed E-state index contributed by atoms with van der Waals surface area (Å²) in [7, 11) is 0. The topological polar surface area (TPSA) is 0 Å². The maximum atomic E-state index is 4.31. The fraction of sp³-hybridized carbons (Fsp3) is 0.760. The van der Waals surface area contributed by atoms with Crippen LogP contribution < -0.4 is 0 Å². The van der Waals surface area contributed by atoms with Gasteiger partial charge in [0.2, 0.25) is 0 Å². The largest absolute Gasteiger partial charge is 0.0958 e. The molecule has 3 fully saturated rings. The van der Waals surface area contributed by atoms with E-state index in [0.29, 0.717) is 10.8 Å². The SMILES string of the molecule is C=C(C)C1=CCC2C3CC=C4CC(C5CC5)CCC4(C)C3CCC12C. The second-order valence-corrected chi connectivity index (χ2v) is 10.7. The normalized spacial score (nSPS) is 48.8. The summed E-state index contributed by atoms with van der Waals surface area (Å²) in [4.78, 5) is 0. The molecule has 0 aromatic rings. The molecule has 0 radical (unpaired) electrons. The van der Waals surface area contributed by atoms with Crippen molar-refractivity contribution in [2.45, 2.75) is 78.6 Å². The predicted octanol–water partition coefficient (Wildman–Crippen LogP) is 7.09. The Labute approximate surface area is 154 Å². The second kappa shape index (κ2) is 5.37. The van der Waals surface area contributed by atoms with Crippen LogP contribution in [-0.2, 0) is 0 Å². The maximum Gasteiger partial charge on any atom is -0.00419 e. The van der Waals surface area contributed by atoms with Gasteiger partial charge in [0.1, 0.15) is 0 Å². The number of hydrogen-bond donors (Lipinski definition) is 0. The van der Waals surface area contributed by atoms with E-state index in [1.165, 1.54) is 63.4 Å². The molecule has 5 aliphatic carbocycles. The standard InChI is InChI=1S/C25H36/c1-16(2)21-9-10-22-20-8-7-19-15-18(17-5-6-17)11-13-24(19,3)23(20)12-14-25(21,22)4/h7,9,17-18,20,22-23H,1,5-6,8,10-15H2,2-4H3. The zero-order valence-corrected chi connectivity index (χ0v) is 16.6. The third-order valence-electron chi connectivity index (χ3n) is 9.47. The van der Waals surface area contributed by atoms with Crippen molar-refractivity contribution in [2.75, 3.05) is 0 Å².